The Bertz CT molecular complexity index is 660. The van der Waals surface area contributed by atoms with Gasteiger partial charge in [-0.15, -0.1) is 0 Å². The smallest absolute Gasteiger partial charge is 0.234 e. The van der Waals surface area contributed by atoms with E-state index in [1.54, 1.807) is 11.1 Å². The minimum Gasteiger partial charge on any atom is -0.368 e. The van der Waals surface area contributed by atoms with Gasteiger partial charge in [0.1, 0.15) is 12.0 Å². The fraction of sp³-hybridized carbons (Fsp3) is 0.417. The van der Waals surface area contributed by atoms with Gasteiger partial charge in [0, 0.05) is 23.6 Å². The summed E-state index contributed by atoms with van der Waals surface area (Å²) >= 11 is 3.33. The van der Waals surface area contributed by atoms with Gasteiger partial charge in [-0.25, -0.2) is 14.4 Å². The summed E-state index contributed by atoms with van der Waals surface area (Å²) < 4.78 is 14.3. The molecule has 0 unspecified atom stereocenters. The van der Waals surface area contributed by atoms with Crippen molar-refractivity contribution in [2.75, 3.05) is 6.54 Å². The number of nitrogens with zero attached hydrogens (tertiary/aromatic N) is 3. The van der Waals surface area contributed by atoms with Gasteiger partial charge in [-0.3, -0.25) is 9.69 Å². The molecule has 1 amide bonds. The van der Waals surface area contributed by atoms with Crippen LogP contribution >= 0.6 is 15.9 Å². The van der Waals surface area contributed by atoms with E-state index in [-0.39, 0.29) is 13.0 Å². The standard InChI is InChI=1S/C12H13BrFN5O/c13-6-1-8-12(16-3-6)18-10(17-8)5-19-4-7(14)2-9(19)11(15)20/h1,3,7,9H,2,4-5H2,(H2,15,20)(H,16,17,18)/t7-,9+/m1/s1. The average Bonchev–Trinajstić information content (AvgIpc) is 2.92. The number of halogens is 2. The third-order valence-electron chi connectivity index (χ3n) is 3.39. The lowest BCUT2D eigenvalue weighted by Gasteiger charge is -2.19. The molecule has 2 aromatic heterocycles. The molecule has 1 aliphatic rings. The van der Waals surface area contributed by atoms with Crippen LogP contribution in [-0.2, 0) is 11.3 Å². The molecule has 1 aliphatic heterocycles. The Labute approximate surface area is 122 Å². The second-order valence-corrected chi connectivity index (χ2v) is 5.80. The highest BCUT2D eigenvalue weighted by Crippen LogP contribution is 2.23. The molecule has 0 radical (unpaired) electrons. The number of likely N-dealkylation sites (tertiary alicyclic amines) is 1. The van der Waals surface area contributed by atoms with Crippen molar-refractivity contribution < 1.29 is 9.18 Å². The number of carbonyl (C=O) groups is 1. The zero-order valence-corrected chi connectivity index (χ0v) is 12.1. The fourth-order valence-corrected chi connectivity index (χ4v) is 2.84. The van der Waals surface area contributed by atoms with Crippen molar-refractivity contribution in [3.05, 3.63) is 22.6 Å². The summed E-state index contributed by atoms with van der Waals surface area (Å²) in [6, 6.07) is 1.30. The first kappa shape index (κ1) is 13.4. The van der Waals surface area contributed by atoms with Crippen molar-refractivity contribution >= 4 is 33.0 Å². The van der Waals surface area contributed by atoms with Gasteiger partial charge in [0.05, 0.1) is 18.1 Å². The van der Waals surface area contributed by atoms with Crippen LogP contribution in [0.4, 0.5) is 4.39 Å². The number of H-pyrrole nitrogens is 1. The molecule has 20 heavy (non-hydrogen) atoms. The zero-order chi connectivity index (χ0) is 14.3. The molecule has 1 fully saturated rings. The maximum atomic E-state index is 13.4. The van der Waals surface area contributed by atoms with Crippen molar-refractivity contribution in [3.8, 4) is 0 Å². The molecule has 2 atom stereocenters. The summed E-state index contributed by atoms with van der Waals surface area (Å²) in [5, 5.41) is 0. The normalized spacial score (nSPS) is 23.5. The molecule has 0 aliphatic carbocycles. The van der Waals surface area contributed by atoms with Gasteiger partial charge in [-0.2, -0.15) is 0 Å². The lowest BCUT2D eigenvalue weighted by molar-refractivity contribution is -0.122. The van der Waals surface area contributed by atoms with Crippen molar-refractivity contribution in [3.63, 3.8) is 0 Å². The number of imidazole rings is 1. The molecule has 1 saturated heterocycles. The Balaban J connectivity index is 1.83. The lowest BCUT2D eigenvalue weighted by atomic mass is 10.2. The Morgan fingerprint density at radius 3 is 3.20 bits per heavy atom. The number of aromatic amines is 1. The molecule has 3 rings (SSSR count). The Morgan fingerprint density at radius 1 is 1.65 bits per heavy atom. The van der Waals surface area contributed by atoms with Gasteiger partial charge in [-0.05, 0) is 22.0 Å². The van der Waals surface area contributed by atoms with Crippen LogP contribution in [-0.4, -0.2) is 44.5 Å². The van der Waals surface area contributed by atoms with Gasteiger partial charge in [0.15, 0.2) is 5.65 Å². The minimum absolute atomic E-state index is 0.152. The summed E-state index contributed by atoms with van der Waals surface area (Å²) in [7, 11) is 0. The highest BCUT2D eigenvalue weighted by molar-refractivity contribution is 9.10. The van der Waals surface area contributed by atoms with E-state index < -0.39 is 18.1 Å². The number of rotatable bonds is 3. The molecule has 8 heteroatoms. The summed E-state index contributed by atoms with van der Waals surface area (Å²) in [5.74, 6) is 0.146. The van der Waals surface area contributed by atoms with Crippen LogP contribution in [0.3, 0.4) is 0 Å². The molecule has 0 bridgehead atoms. The van der Waals surface area contributed by atoms with Crippen molar-refractivity contribution in [1.29, 1.82) is 0 Å². The Kier molecular flexibility index (Phi) is 3.43. The summed E-state index contributed by atoms with van der Waals surface area (Å²) in [5.41, 5.74) is 6.69. The van der Waals surface area contributed by atoms with E-state index in [0.29, 0.717) is 18.0 Å². The van der Waals surface area contributed by atoms with Crippen LogP contribution in [0.1, 0.15) is 12.2 Å². The number of fused-ring (bicyclic) bond motifs is 1. The van der Waals surface area contributed by atoms with Crippen LogP contribution in [0.25, 0.3) is 11.2 Å². The van der Waals surface area contributed by atoms with Crippen LogP contribution in [0, 0.1) is 0 Å². The van der Waals surface area contributed by atoms with E-state index in [9.17, 15) is 9.18 Å². The number of amides is 1. The lowest BCUT2D eigenvalue weighted by Crippen LogP contribution is -2.39. The predicted molar refractivity (Wildman–Crippen MR) is 74.5 cm³/mol. The van der Waals surface area contributed by atoms with Crippen molar-refractivity contribution in [2.24, 2.45) is 5.73 Å². The third-order valence-corrected chi connectivity index (χ3v) is 3.82. The number of nitrogens with one attached hydrogen (secondary N) is 1. The van der Waals surface area contributed by atoms with Gasteiger partial charge >= 0.3 is 0 Å². The summed E-state index contributed by atoms with van der Waals surface area (Å²) in [4.78, 5) is 24.7. The molecule has 106 valence electrons. The molecule has 6 nitrogen and oxygen atoms in total. The fourth-order valence-electron chi connectivity index (χ4n) is 2.51. The number of hydrogen-bond acceptors (Lipinski definition) is 4. The maximum absolute atomic E-state index is 13.4. The van der Waals surface area contributed by atoms with E-state index in [2.05, 4.69) is 30.9 Å². The zero-order valence-electron chi connectivity index (χ0n) is 10.5. The van der Waals surface area contributed by atoms with Crippen LogP contribution in [0.5, 0.6) is 0 Å². The van der Waals surface area contributed by atoms with E-state index >= 15 is 0 Å². The maximum Gasteiger partial charge on any atom is 0.234 e. The van der Waals surface area contributed by atoms with E-state index in [0.717, 1.165) is 9.99 Å². The number of carbonyl (C=O) groups excluding carboxylic acids is 1. The van der Waals surface area contributed by atoms with E-state index in [1.807, 2.05) is 6.07 Å². The number of hydrogen-bond donors (Lipinski definition) is 2. The SMILES string of the molecule is NC(=O)[C@@H]1C[C@@H](F)CN1Cc1nc2ncc(Br)cc2[nH]1. The second-order valence-electron chi connectivity index (χ2n) is 4.89. The molecule has 3 heterocycles. The Hall–Kier alpha value is -1.54. The van der Waals surface area contributed by atoms with Gasteiger partial charge < -0.3 is 10.7 Å². The van der Waals surface area contributed by atoms with Crippen LogP contribution < -0.4 is 5.73 Å². The number of nitrogens with two attached hydrogens (primary N) is 1. The first-order valence-corrected chi connectivity index (χ1v) is 7.00. The molecule has 2 aromatic rings. The predicted octanol–water partition coefficient (Wildman–Crippen LogP) is 1.12. The van der Waals surface area contributed by atoms with Gasteiger partial charge in [-0.1, -0.05) is 0 Å². The second kappa shape index (κ2) is 5.10. The number of primary amides is 1. The van der Waals surface area contributed by atoms with Crippen LogP contribution in [0.2, 0.25) is 0 Å². The number of aromatic nitrogens is 3. The first-order valence-electron chi connectivity index (χ1n) is 6.20. The van der Waals surface area contributed by atoms with Crippen molar-refractivity contribution in [2.45, 2.75) is 25.2 Å². The van der Waals surface area contributed by atoms with Crippen LogP contribution in [0.15, 0.2) is 16.7 Å². The molecular weight excluding hydrogens is 329 g/mol. The molecule has 0 saturated carbocycles. The highest BCUT2D eigenvalue weighted by Gasteiger charge is 2.36. The topological polar surface area (TPSA) is 87.9 Å². The third kappa shape index (κ3) is 2.53. The molecule has 0 aromatic carbocycles. The number of alkyl halides is 1. The largest absolute Gasteiger partial charge is 0.368 e. The summed E-state index contributed by atoms with van der Waals surface area (Å²) in [6.07, 6.45) is 0.788. The van der Waals surface area contributed by atoms with E-state index in [4.69, 9.17) is 5.73 Å². The highest BCUT2D eigenvalue weighted by atomic mass is 79.9. The monoisotopic (exact) mass is 341 g/mol. The molecular formula is C12H13BrFN5O. The van der Waals surface area contributed by atoms with E-state index in [1.165, 1.54) is 0 Å². The quantitative estimate of drug-likeness (QED) is 0.875. The van der Waals surface area contributed by atoms with Crippen molar-refractivity contribution in [1.82, 2.24) is 19.9 Å². The molecule has 3 N–H and O–H groups in total. The average molecular weight is 342 g/mol. The van der Waals surface area contributed by atoms with Gasteiger partial charge in [0.2, 0.25) is 5.91 Å². The Morgan fingerprint density at radius 2 is 2.45 bits per heavy atom. The first-order chi connectivity index (χ1) is 9.52. The minimum atomic E-state index is -1.02. The van der Waals surface area contributed by atoms with Gasteiger partial charge in [0.25, 0.3) is 0 Å². The number of pyridine rings is 1. The summed E-state index contributed by atoms with van der Waals surface area (Å²) in [6.45, 7) is 0.545. The molecule has 0 spiro atoms.